The van der Waals surface area contributed by atoms with Crippen molar-refractivity contribution in [1.82, 2.24) is 20.0 Å². The van der Waals surface area contributed by atoms with Gasteiger partial charge in [0.25, 0.3) is 11.5 Å². The Hall–Kier alpha value is -4.84. The zero-order chi connectivity index (χ0) is 29.9. The Labute approximate surface area is 257 Å². The van der Waals surface area contributed by atoms with Gasteiger partial charge in [-0.3, -0.25) is 9.59 Å². The molecule has 1 amide bonds. The fraction of sp³-hybridized carbons (Fsp3) is 0.219. The van der Waals surface area contributed by atoms with Crippen LogP contribution in [0, 0.1) is 0 Å². The first-order valence-corrected chi connectivity index (χ1v) is 14.0. The highest BCUT2D eigenvalue weighted by molar-refractivity contribution is 6.02. The van der Waals surface area contributed by atoms with Crippen LogP contribution in [0.4, 0.5) is 0 Å². The highest BCUT2D eigenvalue weighted by Crippen LogP contribution is 2.39. The van der Waals surface area contributed by atoms with Gasteiger partial charge in [-0.05, 0) is 36.6 Å². The number of aliphatic hydroxyl groups is 1. The van der Waals surface area contributed by atoms with Crippen LogP contribution in [0.5, 0.6) is 0 Å². The van der Waals surface area contributed by atoms with E-state index in [4.69, 9.17) is 15.5 Å². The second-order valence-electron chi connectivity index (χ2n) is 10.9. The topological polar surface area (TPSA) is 165 Å². The molecule has 2 aliphatic rings. The van der Waals surface area contributed by atoms with E-state index in [0.29, 0.717) is 28.9 Å². The van der Waals surface area contributed by atoms with Crippen molar-refractivity contribution in [2.24, 2.45) is 10.8 Å². The lowest BCUT2D eigenvalue weighted by atomic mass is 9.86. The van der Waals surface area contributed by atoms with E-state index in [2.05, 4.69) is 15.5 Å². The third-order valence-corrected chi connectivity index (χ3v) is 8.46. The number of aromatic nitrogens is 3. The summed E-state index contributed by atoms with van der Waals surface area (Å²) in [5, 5.41) is 17.2. The molecule has 2 aliphatic heterocycles. The van der Waals surface area contributed by atoms with Gasteiger partial charge in [0.05, 0.1) is 41.3 Å². The Balaban J connectivity index is 0.00000343. The van der Waals surface area contributed by atoms with E-state index in [1.165, 1.54) is 0 Å². The van der Waals surface area contributed by atoms with Crippen molar-refractivity contribution in [1.29, 1.82) is 0 Å². The molecule has 5 N–H and O–H groups in total. The number of carbonyl (C=O) groups is 2. The minimum atomic E-state index is -1.91. The Bertz CT molecular complexity index is 2070. The predicted octanol–water partition coefficient (Wildman–Crippen LogP) is 3.00. The number of nitrogens with one attached hydrogen (secondary N) is 2. The van der Waals surface area contributed by atoms with Gasteiger partial charge in [-0.25, -0.2) is 15.2 Å². The molecule has 0 saturated carbocycles. The van der Waals surface area contributed by atoms with Crippen molar-refractivity contribution in [2.75, 3.05) is 0 Å². The van der Waals surface area contributed by atoms with E-state index < -0.39 is 23.5 Å². The summed E-state index contributed by atoms with van der Waals surface area (Å²) in [6.45, 7) is 1.65. The van der Waals surface area contributed by atoms with E-state index in [1.807, 2.05) is 54.7 Å². The minimum Gasteiger partial charge on any atom is -0.458 e. The van der Waals surface area contributed by atoms with Crippen LogP contribution in [0.2, 0.25) is 0 Å². The number of rotatable bonds is 6. The third kappa shape index (κ3) is 4.48. The number of hydrogen-bond donors (Lipinski definition) is 4. The standard InChI is InChI=1S/C32H28N6O5.ClH/c1-2-32(42)23-12-27-28-21(15-38(27)30(40)22(23)16-43-31(32)41)20(19-8-4-6-10-26(19)36-28)14-35-37-29(39)24(33)11-17-13-34-25-9-5-3-7-18(17)25;/h3-10,12-14,24,34,42H,2,11,15-16,33H2,1H3,(H,37,39);1H/b35-14-;/t24?,32-;/m0./s1. The maximum atomic E-state index is 13.6. The summed E-state index contributed by atoms with van der Waals surface area (Å²) in [4.78, 5) is 47.0. The fourth-order valence-corrected chi connectivity index (χ4v) is 6.08. The van der Waals surface area contributed by atoms with Gasteiger partial charge in [-0.2, -0.15) is 5.10 Å². The molecule has 0 aliphatic carbocycles. The smallest absolute Gasteiger partial charge is 0.343 e. The number of nitrogens with zero attached hydrogens (tertiary/aromatic N) is 3. The number of pyridine rings is 2. The third-order valence-electron chi connectivity index (χ3n) is 8.46. The largest absolute Gasteiger partial charge is 0.458 e. The molecule has 0 fully saturated rings. The molecular weight excluding hydrogens is 584 g/mol. The van der Waals surface area contributed by atoms with Crippen LogP contribution in [0.25, 0.3) is 33.2 Å². The number of cyclic esters (lactones) is 1. The number of ether oxygens (including phenoxy) is 1. The number of benzene rings is 2. The lowest BCUT2D eigenvalue weighted by molar-refractivity contribution is -0.172. The zero-order valence-electron chi connectivity index (χ0n) is 23.7. The van der Waals surface area contributed by atoms with Gasteiger partial charge in [-0.1, -0.05) is 43.3 Å². The Kier molecular flexibility index (Phi) is 7.32. The van der Waals surface area contributed by atoms with E-state index in [1.54, 1.807) is 23.8 Å². The first-order valence-electron chi connectivity index (χ1n) is 14.0. The molecule has 5 aromatic rings. The number of para-hydroxylation sites is 2. The normalized spacial score (nSPS) is 17.6. The lowest BCUT2D eigenvalue weighted by Crippen LogP contribution is -2.44. The number of fused-ring (bicyclic) bond motifs is 6. The van der Waals surface area contributed by atoms with Crippen LogP contribution >= 0.6 is 12.4 Å². The second kappa shape index (κ2) is 11.0. The molecule has 0 radical (unpaired) electrons. The molecule has 0 saturated heterocycles. The van der Waals surface area contributed by atoms with Crippen molar-refractivity contribution < 1.29 is 19.4 Å². The molecule has 2 atom stereocenters. The molecule has 0 spiro atoms. The average Bonchev–Trinajstić information content (AvgIpc) is 3.60. The number of halogens is 1. The van der Waals surface area contributed by atoms with E-state index in [0.717, 1.165) is 27.4 Å². The number of carbonyl (C=O) groups excluding carboxylic acids is 2. The van der Waals surface area contributed by atoms with E-state index >= 15 is 0 Å². The SMILES string of the molecule is CC[C@@]1(O)C(=O)OCc2c1cc1n(c2=O)Cc2c-1nc1ccccc1c2/C=N\NC(=O)C(N)Cc1c[nH]c2ccccc12.Cl. The lowest BCUT2D eigenvalue weighted by Gasteiger charge is -2.31. The molecule has 2 aromatic carbocycles. The number of esters is 1. The summed E-state index contributed by atoms with van der Waals surface area (Å²) in [6.07, 6.45) is 3.79. The van der Waals surface area contributed by atoms with Crippen LogP contribution in [-0.2, 0) is 39.5 Å². The number of hydrogen-bond acceptors (Lipinski definition) is 8. The van der Waals surface area contributed by atoms with Gasteiger partial charge in [-0.15, -0.1) is 12.4 Å². The Morgan fingerprint density at radius 1 is 1.20 bits per heavy atom. The molecule has 44 heavy (non-hydrogen) atoms. The van der Waals surface area contributed by atoms with Crippen molar-refractivity contribution in [3.8, 4) is 11.4 Å². The molecular formula is C32H29ClN6O5. The monoisotopic (exact) mass is 612 g/mol. The van der Waals surface area contributed by atoms with E-state index in [9.17, 15) is 19.5 Å². The van der Waals surface area contributed by atoms with Crippen molar-refractivity contribution in [2.45, 2.75) is 44.6 Å². The van der Waals surface area contributed by atoms with Crippen LogP contribution in [0.3, 0.4) is 0 Å². The maximum absolute atomic E-state index is 13.6. The molecule has 11 nitrogen and oxygen atoms in total. The Morgan fingerprint density at radius 2 is 1.95 bits per heavy atom. The van der Waals surface area contributed by atoms with Gasteiger partial charge >= 0.3 is 5.97 Å². The summed E-state index contributed by atoms with van der Waals surface area (Å²) in [7, 11) is 0. The molecule has 0 bridgehead atoms. The van der Waals surface area contributed by atoms with E-state index in [-0.39, 0.29) is 48.7 Å². The summed E-state index contributed by atoms with van der Waals surface area (Å²) < 4.78 is 6.74. The zero-order valence-corrected chi connectivity index (χ0v) is 24.5. The minimum absolute atomic E-state index is 0. The van der Waals surface area contributed by atoms with Crippen molar-refractivity contribution in [3.63, 3.8) is 0 Å². The first kappa shape index (κ1) is 29.2. The molecule has 1 unspecified atom stereocenters. The average molecular weight is 613 g/mol. The number of H-pyrrole nitrogens is 1. The number of nitrogens with two attached hydrogens (primary N) is 1. The second-order valence-corrected chi connectivity index (χ2v) is 10.9. The van der Waals surface area contributed by atoms with Crippen LogP contribution in [0.15, 0.2) is 70.7 Å². The highest BCUT2D eigenvalue weighted by Gasteiger charge is 2.45. The van der Waals surface area contributed by atoms with Gasteiger partial charge in [0.1, 0.15) is 6.61 Å². The summed E-state index contributed by atoms with van der Waals surface area (Å²) in [5.74, 6) is -1.21. The van der Waals surface area contributed by atoms with Crippen LogP contribution < -0.4 is 16.7 Å². The quantitative estimate of drug-likeness (QED) is 0.127. The summed E-state index contributed by atoms with van der Waals surface area (Å²) in [6, 6.07) is 16.1. The number of hydrazone groups is 1. The maximum Gasteiger partial charge on any atom is 0.343 e. The molecule has 7 rings (SSSR count). The predicted molar refractivity (Wildman–Crippen MR) is 167 cm³/mol. The van der Waals surface area contributed by atoms with Crippen LogP contribution in [0.1, 0.15) is 41.2 Å². The Morgan fingerprint density at radius 3 is 2.75 bits per heavy atom. The van der Waals surface area contributed by atoms with Crippen LogP contribution in [-0.4, -0.2) is 43.8 Å². The fourth-order valence-electron chi connectivity index (χ4n) is 6.08. The summed E-state index contributed by atoms with van der Waals surface area (Å²) >= 11 is 0. The molecule has 5 heterocycles. The van der Waals surface area contributed by atoms with Gasteiger partial charge in [0.15, 0.2) is 5.60 Å². The van der Waals surface area contributed by atoms with Gasteiger partial charge in [0, 0.05) is 39.2 Å². The van der Waals surface area contributed by atoms with Gasteiger partial charge < -0.3 is 25.1 Å². The van der Waals surface area contributed by atoms with Crippen molar-refractivity contribution in [3.05, 3.63) is 99.0 Å². The number of aromatic amines is 1. The molecule has 12 heteroatoms. The molecule has 224 valence electrons. The highest BCUT2D eigenvalue weighted by atomic mass is 35.5. The van der Waals surface area contributed by atoms with Crippen molar-refractivity contribution >= 4 is 52.3 Å². The molecule has 3 aromatic heterocycles. The summed E-state index contributed by atoms with van der Waals surface area (Å²) in [5.41, 5.74) is 12.0. The first-order chi connectivity index (χ1) is 20.8. The van der Waals surface area contributed by atoms with Gasteiger partial charge in [0.2, 0.25) is 0 Å². The number of amides is 1.